The van der Waals surface area contributed by atoms with E-state index in [1.807, 2.05) is 32.0 Å². The third-order valence-corrected chi connectivity index (χ3v) is 3.10. The first-order valence-corrected chi connectivity index (χ1v) is 6.96. The molecule has 0 saturated heterocycles. The van der Waals surface area contributed by atoms with Gasteiger partial charge in [-0.05, 0) is 37.2 Å². The van der Waals surface area contributed by atoms with Crippen LogP contribution >= 0.6 is 0 Å². The quantitative estimate of drug-likeness (QED) is 0.869. The van der Waals surface area contributed by atoms with Gasteiger partial charge in [0.25, 0.3) is 0 Å². The Morgan fingerprint density at radius 1 is 1.05 bits per heavy atom. The van der Waals surface area contributed by atoms with Crippen LogP contribution in [0.4, 0.5) is 8.78 Å². The molecule has 2 rings (SSSR count). The second-order valence-electron chi connectivity index (χ2n) is 4.96. The topological polar surface area (TPSA) is 21.3 Å². The normalized spacial score (nSPS) is 10.7. The van der Waals surface area contributed by atoms with E-state index in [-0.39, 0.29) is 6.61 Å². The van der Waals surface area contributed by atoms with Crippen molar-refractivity contribution in [3.8, 4) is 5.75 Å². The highest BCUT2D eigenvalue weighted by molar-refractivity contribution is 5.37. The van der Waals surface area contributed by atoms with Gasteiger partial charge in [-0.15, -0.1) is 0 Å². The van der Waals surface area contributed by atoms with Crippen LogP contribution in [0.1, 0.15) is 23.6 Å². The van der Waals surface area contributed by atoms with E-state index in [2.05, 4.69) is 5.32 Å². The average molecular weight is 291 g/mol. The molecule has 21 heavy (non-hydrogen) atoms. The van der Waals surface area contributed by atoms with Gasteiger partial charge in [-0.25, -0.2) is 8.78 Å². The van der Waals surface area contributed by atoms with Crippen molar-refractivity contribution in [2.75, 3.05) is 6.54 Å². The van der Waals surface area contributed by atoms with Gasteiger partial charge in [0.2, 0.25) is 0 Å². The predicted molar refractivity (Wildman–Crippen MR) is 79.2 cm³/mol. The second kappa shape index (κ2) is 7.18. The van der Waals surface area contributed by atoms with Gasteiger partial charge in [0.15, 0.2) is 0 Å². The molecule has 0 heterocycles. The van der Waals surface area contributed by atoms with Crippen LogP contribution in [-0.4, -0.2) is 6.54 Å². The molecule has 1 N–H and O–H groups in total. The summed E-state index contributed by atoms with van der Waals surface area (Å²) in [5, 5.41) is 3.25. The predicted octanol–water partition coefficient (Wildman–Crippen LogP) is 3.96. The smallest absolute Gasteiger partial charge is 0.126 e. The number of ether oxygens (including phenoxy) is 1. The molecule has 0 aliphatic rings. The van der Waals surface area contributed by atoms with Crippen LogP contribution in [0.25, 0.3) is 0 Å². The standard InChI is InChI=1S/C17H19F2NO/c1-3-20-10-14-6-12(2)4-5-17(14)21-11-13-7-15(18)9-16(19)8-13/h4-9,20H,3,10-11H2,1-2H3. The Morgan fingerprint density at radius 2 is 1.76 bits per heavy atom. The van der Waals surface area contributed by atoms with E-state index in [9.17, 15) is 8.78 Å². The Kier molecular flexibility index (Phi) is 5.28. The summed E-state index contributed by atoms with van der Waals surface area (Å²) in [5.41, 5.74) is 2.66. The van der Waals surface area contributed by atoms with Gasteiger partial charge in [-0.3, -0.25) is 0 Å². The van der Waals surface area contributed by atoms with Crippen LogP contribution in [0, 0.1) is 18.6 Å². The van der Waals surface area contributed by atoms with Crippen molar-refractivity contribution in [3.63, 3.8) is 0 Å². The van der Waals surface area contributed by atoms with Crippen molar-refractivity contribution in [2.24, 2.45) is 0 Å². The van der Waals surface area contributed by atoms with E-state index in [0.717, 1.165) is 29.5 Å². The largest absolute Gasteiger partial charge is 0.489 e. The van der Waals surface area contributed by atoms with E-state index in [0.29, 0.717) is 12.1 Å². The van der Waals surface area contributed by atoms with Gasteiger partial charge in [0.05, 0.1) is 0 Å². The average Bonchev–Trinajstić information content (AvgIpc) is 2.43. The molecule has 0 bridgehead atoms. The minimum absolute atomic E-state index is 0.136. The Labute approximate surface area is 123 Å². The van der Waals surface area contributed by atoms with Gasteiger partial charge < -0.3 is 10.1 Å². The van der Waals surface area contributed by atoms with Crippen molar-refractivity contribution in [3.05, 3.63) is 64.7 Å². The van der Waals surface area contributed by atoms with Crippen LogP contribution < -0.4 is 10.1 Å². The second-order valence-corrected chi connectivity index (χ2v) is 4.96. The van der Waals surface area contributed by atoms with Gasteiger partial charge >= 0.3 is 0 Å². The lowest BCUT2D eigenvalue weighted by Crippen LogP contribution is -2.13. The van der Waals surface area contributed by atoms with Gasteiger partial charge in [0, 0.05) is 18.2 Å². The highest BCUT2D eigenvalue weighted by Gasteiger charge is 2.06. The molecule has 0 saturated carbocycles. The summed E-state index contributed by atoms with van der Waals surface area (Å²) in [7, 11) is 0. The molecule has 0 radical (unpaired) electrons. The maximum Gasteiger partial charge on any atom is 0.126 e. The lowest BCUT2D eigenvalue weighted by atomic mass is 10.1. The van der Waals surface area contributed by atoms with E-state index >= 15 is 0 Å². The molecule has 0 aliphatic carbocycles. The number of aryl methyl sites for hydroxylation is 1. The minimum atomic E-state index is -0.592. The highest BCUT2D eigenvalue weighted by atomic mass is 19.1. The number of rotatable bonds is 6. The fourth-order valence-electron chi connectivity index (χ4n) is 2.10. The zero-order valence-corrected chi connectivity index (χ0v) is 12.2. The number of nitrogens with one attached hydrogen (secondary N) is 1. The molecule has 0 fully saturated rings. The Bertz CT molecular complexity index is 593. The maximum atomic E-state index is 13.1. The third kappa shape index (κ3) is 4.53. The Balaban J connectivity index is 2.11. The lowest BCUT2D eigenvalue weighted by molar-refractivity contribution is 0.300. The zero-order valence-electron chi connectivity index (χ0n) is 12.2. The first kappa shape index (κ1) is 15.4. The number of hydrogen-bond donors (Lipinski definition) is 1. The van der Waals surface area contributed by atoms with E-state index in [4.69, 9.17) is 4.74 Å². The molecule has 0 aliphatic heterocycles. The molecule has 0 aromatic heterocycles. The highest BCUT2D eigenvalue weighted by Crippen LogP contribution is 2.21. The van der Waals surface area contributed by atoms with Crippen LogP contribution in [0.5, 0.6) is 5.75 Å². The fourth-order valence-corrected chi connectivity index (χ4v) is 2.10. The summed E-state index contributed by atoms with van der Waals surface area (Å²) in [5.74, 6) is -0.457. The summed E-state index contributed by atoms with van der Waals surface area (Å²) in [6, 6.07) is 9.30. The summed E-state index contributed by atoms with van der Waals surface area (Å²) >= 11 is 0. The maximum absolute atomic E-state index is 13.1. The molecular formula is C17H19F2NO. The number of hydrogen-bond acceptors (Lipinski definition) is 2. The van der Waals surface area contributed by atoms with Crippen molar-refractivity contribution in [1.29, 1.82) is 0 Å². The zero-order chi connectivity index (χ0) is 15.2. The SMILES string of the molecule is CCNCc1cc(C)ccc1OCc1cc(F)cc(F)c1. The molecule has 112 valence electrons. The summed E-state index contributed by atoms with van der Waals surface area (Å²) in [6.45, 7) is 5.75. The van der Waals surface area contributed by atoms with E-state index < -0.39 is 11.6 Å². The van der Waals surface area contributed by atoms with Crippen LogP contribution in [0.15, 0.2) is 36.4 Å². The molecule has 2 aromatic carbocycles. The van der Waals surface area contributed by atoms with Crippen molar-refractivity contribution >= 4 is 0 Å². The molecule has 0 amide bonds. The third-order valence-electron chi connectivity index (χ3n) is 3.10. The summed E-state index contributed by atoms with van der Waals surface area (Å²) in [4.78, 5) is 0. The van der Waals surface area contributed by atoms with Crippen molar-refractivity contribution < 1.29 is 13.5 Å². The monoisotopic (exact) mass is 291 g/mol. The van der Waals surface area contributed by atoms with Gasteiger partial charge in [-0.1, -0.05) is 24.6 Å². The number of halogens is 2. The molecule has 2 aromatic rings. The summed E-state index contributed by atoms with van der Waals surface area (Å²) in [6.07, 6.45) is 0. The summed E-state index contributed by atoms with van der Waals surface area (Å²) < 4.78 is 32.0. The van der Waals surface area contributed by atoms with E-state index in [1.54, 1.807) is 0 Å². The Hall–Kier alpha value is -1.94. The van der Waals surface area contributed by atoms with Crippen molar-refractivity contribution in [2.45, 2.75) is 27.0 Å². The van der Waals surface area contributed by atoms with Crippen LogP contribution in [0.3, 0.4) is 0 Å². The first-order chi connectivity index (χ1) is 10.1. The molecule has 0 spiro atoms. The lowest BCUT2D eigenvalue weighted by Gasteiger charge is -2.13. The Morgan fingerprint density at radius 3 is 2.43 bits per heavy atom. The van der Waals surface area contributed by atoms with Gasteiger partial charge in [-0.2, -0.15) is 0 Å². The minimum Gasteiger partial charge on any atom is -0.489 e. The molecule has 0 atom stereocenters. The molecule has 2 nitrogen and oxygen atoms in total. The first-order valence-electron chi connectivity index (χ1n) is 6.96. The molecule has 4 heteroatoms. The van der Waals surface area contributed by atoms with Crippen LogP contribution in [-0.2, 0) is 13.2 Å². The van der Waals surface area contributed by atoms with E-state index in [1.165, 1.54) is 12.1 Å². The number of benzene rings is 2. The molecule has 0 unspecified atom stereocenters. The molecular weight excluding hydrogens is 272 g/mol. The van der Waals surface area contributed by atoms with Crippen molar-refractivity contribution in [1.82, 2.24) is 5.32 Å². The van der Waals surface area contributed by atoms with Crippen LogP contribution in [0.2, 0.25) is 0 Å². The fraction of sp³-hybridized carbons (Fsp3) is 0.294. The van der Waals surface area contributed by atoms with Gasteiger partial charge in [0.1, 0.15) is 24.0 Å².